The van der Waals surface area contributed by atoms with Crippen LogP contribution in [0, 0.1) is 0 Å². The van der Waals surface area contributed by atoms with Gasteiger partial charge in [0.25, 0.3) is 0 Å². The zero-order valence-corrected chi connectivity index (χ0v) is 13.4. The third-order valence-electron chi connectivity index (χ3n) is 3.74. The lowest BCUT2D eigenvalue weighted by Crippen LogP contribution is -2.44. The van der Waals surface area contributed by atoms with Gasteiger partial charge in [-0.25, -0.2) is 4.79 Å². The number of nitrogens with zero attached hydrogens (tertiary/aromatic N) is 2. The van der Waals surface area contributed by atoms with Crippen LogP contribution in [0.3, 0.4) is 0 Å². The minimum Gasteiger partial charge on any atom is -0.336 e. The van der Waals surface area contributed by atoms with E-state index in [9.17, 15) is 9.59 Å². The largest absolute Gasteiger partial charge is 0.336 e. The maximum absolute atomic E-state index is 12.2. The van der Waals surface area contributed by atoms with Crippen LogP contribution in [-0.4, -0.2) is 34.9 Å². The Bertz CT molecular complexity index is 686. The van der Waals surface area contributed by atoms with Gasteiger partial charge in [-0.3, -0.25) is 9.78 Å². The van der Waals surface area contributed by atoms with Crippen LogP contribution in [-0.2, 0) is 24.3 Å². The van der Waals surface area contributed by atoms with Gasteiger partial charge in [-0.15, -0.1) is 11.3 Å². The lowest BCUT2D eigenvalue weighted by atomic mass is 10.1. The molecule has 0 bridgehead atoms. The molecule has 23 heavy (non-hydrogen) atoms. The minimum absolute atomic E-state index is 0.0122. The molecule has 0 aliphatic carbocycles. The molecule has 0 unspecified atom stereocenters. The number of carbonyl (C=O) groups is 2. The van der Waals surface area contributed by atoms with Gasteiger partial charge < -0.3 is 15.5 Å². The van der Waals surface area contributed by atoms with Crippen molar-refractivity contribution in [1.29, 1.82) is 0 Å². The predicted molar refractivity (Wildman–Crippen MR) is 87.9 cm³/mol. The van der Waals surface area contributed by atoms with Crippen molar-refractivity contribution in [2.45, 2.75) is 19.5 Å². The van der Waals surface area contributed by atoms with Gasteiger partial charge in [0, 0.05) is 36.9 Å². The molecule has 1 aliphatic heterocycles. The average molecular weight is 330 g/mol. The Morgan fingerprint density at radius 1 is 1.30 bits per heavy atom. The molecule has 6 nitrogen and oxygen atoms in total. The monoisotopic (exact) mass is 330 g/mol. The Balaban J connectivity index is 1.41. The van der Waals surface area contributed by atoms with Gasteiger partial charge in [-0.1, -0.05) is 6.07 Å². The van der Waals surface area contributed by atoms with Crippen LogP contribution in [0.15, 0.2) is 36.0 Å². The molecule has 7 heteroatoms. The molecule has 3 rings (SSSR count). The van der Waals surface area contributed by atoms with E-state index in [1.165, 1.54) is 10.4 Å². The van der Waals surface area contributed by atoms with E-state index in [1.54, 1.807) is 28.6 Å². The first-order chi connectivity index (χ1) is 11.2. The number of rotatable bonds is 4. The maximum Gasteiger partial charge on any atom is 0.315 e. The topological polar surface area (TPSA) is 74.3 Å². The fraction of sp³-hybridized carbons (Fsp3) is 0.312. The summed E-state index contributed by atoms with van der Waals surface area (Å²) in [5.74, 6) is -0.0571. The molecule has 3 heterocycles. The van der Waals surface area contributed by atoms with Gasteiger partial charge in [0.15, 0.2) is 0 Å². The summed E-state index contributed by atoms with van der Waals surface area (Å²) in [6.07, 6.45) is 4.27. The molecule has 0 spiro atoms. The molecule has 2 aromatic heterocycles. The maximum atomic E-state index is 12.2. The van der Waals surface area contributed by atoms with Crippen molar-refractivity contribution in [3.63, 3.8) is 0 Å². The number of hydrogen-bond acceptors (Lipinski definition) is 4. The molecule has 0 saturated heterocycles. The highest BCUT2D eigenvalue weighted by Gasteiger charge is 2.21. The van der Waals surface area contributed by atoms with Crippen LogP contribution in [0.1, 0.15) is 16.0 Å². The van der Waals surface area contributed by atoms with E-state index in [4.69, 9.17) is 0 Å². The second kappa shape index (κ2) is 7.23. The number of carbonyl (C=O) groups excluding carboxylic acids is 2. The van der Waals surface area contributed by atoms with Crippen molar-refractivity contribution in [3.8, 4) is 0 Å². The van der Waals surface area contributed by atoms with E-state index in [0.717, 1.165) is 12.0 Å². The van der Waals surface area contributed by atoms with Gasteiger partial charge in [0.2, 0.25) is 5.91 Å². The summed E-state index contributed by atoms with van der Waals surface area (Å²) in [6, 6.07) is 5.40. The molecule has 0 saturated carbocycles. The number of urea groups is 1. The third-order valence-corrected chi connectivity index (χ3v) is 4.76. The van der Waals surface area contributed by atoms with E-state index in [2.05, 4.69) is 27.1 Å². The van der Waals surface area contributed by atoms with E-state index in [1.807, 2.05) is 12.1 Å². The molecule has 0 radical (unpaired) electrons. The van der Waals surface area contributed by atoms with E-state index >= 15 is 0 Å². The molecule has 1 aliphatic rings. The highest BCUT2D eigenvalue weighted by molar-refractivity contribution is 7.10. The normalized spacial score (nSPS) is 13.3. The Morgan fingerprint density at radius 3 is 3.04 bits per heavy atom. The Morgan fingerprint density at radius 2 is 2.22 bits per heavy atom. The summed E-state index contributed by atoms with van der Waals surface area (Å²) in [5.41, 5.74) is 2.13. The van der Waals surface area contributed by atoms with Gasteiger partial charge in [0.1, 0.15) is 0 Å². The van der Waals surface area contributed by atoms with Crippen LogP contribution in [0.25, 0.3) is 0 Å². The fourth-order valence-corrected chi connectivity index (χ4v) is 3.37. The van der Waals surface area contributed by atoms with Crippen molar-refractivity contribution >= 4 is 23.3 Å². The second-order valence-corrected chi connectivity index (χ2v) is 6.33. The van der Waals surface area contributed by atoms with Crippen LogP contribution >= 0.6 is 11.3 Å². The smallest absolute Gasteiger partial charge is 0.315 e. The predicted octanol–water partition coefficient (Wildman–Crippen LogP) is 1.53. The molecule has 120 valence electrons. The third kappa shape index (κ3) is 4.07. The summed E-state index contributed by atoms with van der Waals surface area (Å²) in [7, 11) is 0. The van der Waals surface area contributed by atoms with E-state index in [0.29, 0.717) is 19.6 Å². The number of nitrogens with one attached hydrogen (secondary N) is 2. The summed E-state index contributed by atoms with van der Waals surface area (Å²) in [6.45, 7) is 1.75. The van der Waals surface area contributed by atoms with Crippen LogP contribution < -0.4 is 10.6 Å². The van der Waals surface area contributed by atoms with Crippen LogP contribution in [0.5, 0.6) is 0 Å². The zero-order chi connectivity index (χ0) is 16.1. The van der Waals surface area contributed by atoms with Gasteiger partial charge in [-0.2, -0.15) is 0 Å². The quantitative estimate of drug-likeness (QED) is 0.893. The summed E-state index contributed by atoms with van der Waals surface area (Å²) in [5, 5.41) is 7.38. The first-order valence-electron chi connectivity index (χ1n) is 7.46. The van der Waals surface area contributed by atoms with Crippen molar-refractivity contribution in [3.05, 3.63) is 52.0 Å². The van der Waals surface area contributed by atoms with Gasteiger partial charge >= 0.3 is 6.03 Å². The number of hydrogen-bond donors (Lipinski definition) is 2. The zero-order valence-electron chi connectivity index (χ0n) is 12.6. The molecule has 0 aromatic carbocycles. The Hall–Kier alpha value is -2.41. The van der Waals surface area contributed by atoms with Gasteiger partial charge in [-0.05, 0) is 35.1 Å². The number of amides is 3. The van der Waals surface area contributed by atoms with Crippen molar-refractivity contribution in [2.75, 3.05) is 13.1 Å². The molecule has 3 amide bonds. The number of fused-ring (bicyclic) bond motifs is 1. The highest BCUT2D eigenvalue weighted by Crippen LogP contribution is 2.23. The van der Waals surface area contributed by atoms with Crippen molar-refractivity contribution < 1.29 is 9.59 Å². The SMILES string of the molecule is O=C(NCC(=O)N1CCc2sccc2C1)NCc1cccnc1. The Labute approximate surface area is 138 Å². The average Bonchev–Trinajstić information content (AvgIpc) is 3.06. The van der Waals surface area contributed by atoms with Crippen LogP contribution in [0.4, 0.5) is 4.79 Å². The molecule has 0 atom stereocenters. The number of pyridine rings is 1. The number of thiophene rings is 1. The molecule has 2 N–H and O–H groups in total. The summed E-state index contributed by atoms with van der Waals surface area (Å²) < 4.78 is 0. The summed E-state index contributed by atoms with van der Waals surface area (Å²) in [4.78, 5) is 31.1. The van der Waals surface area contributed by atoms with E-state index < -0.39 is 0 Å². The van der Waals surface area contributed by atoms with Crippen LogP contribution in [0.2, 0.25) is 0 Å². The van der Waals surface area contributed by atoms with Crippen molar-refractivity contribution in [1.82, 2.24) is 20.5 Å². The first kappa shape index (κ1) is 15.5. The fourth-order valence-electron chi connectivity index (χ4n) is 2.48. The lowest BCUT2D eigenvalue weighted by molar-refractivity contribution is -0.130. The van der Waals surface area contributed by atoms with E-state index in [-0.39, 0.29) is 18.5 Å². The van der Waals surface area contributed by atoms with Crippen molar-refractivity contribution in [2.24, 2.45) is 0 Å². The molecular weight excluding hydrogens is 312 g/mol. The minimum atomic E-state index is -0.351. The standard InChI is InChI=1S/C16H18N4O2S/c21-15(20-6-3-14-13(11-20)4-7-23-14)10-19-16(22)18-9-12-2-1-5-17-8-12/h1-2,4-5,7-8H,3,6,9-11H2,(H2,18,19,22). The second-order valence-electron chi connectivity index (χ2n) is 5.33. The first-order valence-corrected chi connectivity index (χ1v) is 8.34. The Kier molecular flexibility index (Phi) is 4.87. The molecule has 0 fully saturated rings. The summed E-state index contributed by atoms with van der Waals surface area (Å²) >= 11 is 1.74. The number of aromatic nitrogens is 1. The lowest BCUT2D eigenvalue weighted by Gasteiger charge is -2.27. The highest BCUT2D eigenvalue weighted by atomic mass is 32.1. The molecular formula is C16H18N4O2S. The molecule has 2 aromatic rings. The van der Waals surface area contributed by atoms with Gasteiger partial charge in [0.05, 0.1) is 6.54 Å².